The van der Waals surface area contributed by atoms with Gasteiger partial charge in [-0.3, -0.25) is 10.1 Å². The fraction of sp³-hybridized carbons (Fsp3) is 0.647. The fourth-order valence-corrected chi connectivity index (χ4v) is 3.49. The van der Waals surface area contributed by atoms with Gasteiger partial charge in [0.05, 0.1) is 4.92 Å². The third-order valence-corrected chi connectivity index (χ3v) is 4.35. The Morgan fingerprint density at radius 1 is 1.38 bits per heavy atom. The number of nitrogens with one attached hydrogen (secondary N) is 1. The molecule has 0 bridgehead atoms. The third kappa shape index (κ3) is 4.45. The lowest BCUT2D eigenvalue weighted by atomic mass is 9.81. The zero-order valence-electron chi connectivity index (χ0n) is 13.3. The fourth-order valence-electron chi connectivity index (χ4n) is 3.49. The molecule has 0 saturated heterocycles. The van der Waals surface area contributed by atoms with Crippen molar-refractivity contribution in [1.29, 1.82) is 0 Å². The van der Waals surface area contributed by atoms with Crippen LogP contribution in [0.1, 0.15) is 51.5 Å². The maximum absolute atomic E-state index is 10.9. The monoisotopic (exact) mass is 290 g/mol. The number of rotatable bonds is 5. The van der Waals surface area contributed by atoms with E-state index in [1.807, 2.05) is 12.1 Å². The molecule has 1 aromatic carbocycles. The van der Waals surface area contributed by atoms with Crippen molar-refractivity contribution in [1.82, 2.24) is 0 Å². The summed E-state index contributed by atoms with van der Waals surface area (Å²) in [5.74, 6) is 1.57. The van der Waals surface area contributed by atoms with Crippen LogP contribution in [0.25, 0.3) is 0 Å². The second-order valence-electron chi connectivity index (χ2n) is 6.76. The van der Waals surface area contributed by atoms with E-state index in [1.54, 1.807) is 13.0 Å². The van der Waals surface area contributed by atoms with Crippen molar-refractivity contribution in [2.24, 2.45) is 11.8 Å². The van der Waals surface area contributed by atoms with E-state index in [0.29, 0.717) is 6.04 Å². The molecule has 1 aliphatic carbocycles. The first-order chi connectivity index (χ1) is 9.95. The predicted molar refractivity (Wildman–Crippen MR) is 86.7 cm³/mol. The van der Waals surface area contributed by atoms with E-state index in [9.17, 15) is 10.1 Å². The molecule has 116 valence electrons. The highest BCUT2D eigenvalue weighted by Crippen LogP contribution is 2.31. The second-order valence-corrected chi connectivity index (χ2v) is 6.76. The largest absolute Gasteiger partial charge is 0.382 e. The van der Waals surface area contributed by atoms with Crippen LogP contribution in [-0.2, 0) is 0 Å². The normalized spacial score (nSPS) is 22.3. The van der Waals surface area contributed by atoms with Crippen LogP contribution in [-0.4, -0.2) is 11.0 Å². The molecule has 2 atom stereocenters. The van der Waals surface area contributed by atoms with Gasteiger partial charge in [-0.1, -0.05) is 26.7 Å². The van der Waals surface area contributed by atoms with E-state index in [1.165, 1.54) is 32.1 Å². The molecule has 2 unspecified atom stereocenters. The van der Waals surface area contributed by atoms with Gasteiger partial charge in [-0.25, -0.2) is 0 Å². The molecule has 0 spiro atoms. The van der Waals surface area contributed by atoms with Gasteiger partial charge in [-0.15, -0.1) is 0 Å². The van der Waals surface area contributed by atoms with Gasteiger partial charge < -0.3 is 5.32 Å². The minimum atomic E-state index is -0.321. The zero-order chi connectivity index (χ0) is 15.4. The van der Waals surface area contributed by atoms with Gasteiger partial charge in [0.2, 0.25) is 0 Å². The molecule has 21 heavy (non-hydrogen) atoms. The summed E-state index contributed by atoms with van der Waals surface area (Å²) >= 11 is 0. The summed E-state index contributed by atoms with van der Waals surface area (Å²) in [6.45, 7) is 6.37. The van der Waals surface area contributed by atoms with Crippen molar-refractivity contribution in [3.63, 3.8) is 0 Å². The predicted octanol–water partition coefficient (Wildman–Crippen LogP) is 4.92. The molecule has 1 aliphatic rings. The van der Waals surface area contributed by atoms with Gasteiger partial charge in [0, 0.05) is 23.4 Å². The van der Waals surface area contributed by atoms with Crippen molar-refractivity contribution in [3.05, 3.63) is 33.9 Å². The summed E-state index contributed by atoms with van der Waals surface area (Å²) in [6.07, 6.45) is 6.34. The quantitative estimate of drug-likeness (QED) is 0.618. The van der Waals surface area contributed by atoms with Crippen molar-refractivity contribution in [3.8, 4) is 0 Å². The Hall–Kier alpha value is -1.58. The van der Waals surface area contributed by atoms with Crippen LogP contribution in [0.5, 0.6) is 0 Å². The Morgan fingerprint density at radius 2 is 2.14 bits per heavy atom. The second kappa shape index (κ2) is 6.92. The molecule has 1 fully saturated rings. The minimum absolute atomic E-state index is 0.196. The van der Waals surface area contributed by atoms with E-state index < -0.39 is 0 Å². The highest BCUT2D eigenvalue weighted by molar-refractivity contribution is 5.54. The Morgan fingerprint density at radius 3 is 2.76 bits per heavy atom. The van der Waals surface area contributed by atoms with E-state index in [-0.39, 0.29) is 10.6 Å². The highest BCUT2D eigenvalue weighted by Gasteiger charge is 2.22. The molecular weight excluding hydrogens is 264 g/mol. The van der Waals surface area contributed by atoms with Gasteiger partial charge >= 0.3 is 0 Å². The summed E-state index contributed by atoms with van der Waals surface area (Å²) in [6, 6.07) is 5.83. The lowest BCUT2D eigenvalue weighted by Gasteiger charge is -2.31. The Kier molecular flexibility index (Phi) is 5.21. The standard InChI is InChI=1S/C17H26N2O2/c1-12(2)9-14-5-4-6-15(11-14)18-16-7-8-17(19(20)21)13(3)10-16/h7-8,10,12,14-15,18H,4-6,9,11H2,1-3H3. The van der Waals surface area contributed by atoms with Crippen molar-refractivity contribution < 1.29 is 4.92 Å². The lowest BCUT2D eigenvalue weighted by Crippen LogP contribution is -2.28. The van der Waals surface area contributed by atoms with E-state index in [4.69, 9.17) is 0 Å². The maximum Gasteiger partial charge on any atom is 0.272 e. The Bertz CT molecular complexity index is 500. The number of nitro groups is 1. The lowest BCUT2D eigenvalue weighted by molar-refractivity contribution is -0.385. The SMILES string of the molecule is Cc1cc(NC2CCCC(CC(C)C)C2)ccc1[N+](=O)[O-]. The van der Waals surface area contributed by atoms with Crippen LogP contribution in [0.4, 0.5) is 11.4 Å². The number of anilines is 1. The van der Waals surface area contributed by atoms with Crippen molar-refractivity contribution >= 4 is 11.4 Å². The van der Waals surface area contributed by atoms with Crippen LogP contribution < -0.4 is 5.32 Å². The summed E-state index contributed by atoms with van der Waals surface area (Å²) in [5, 5.41) is 14.4. The van der Waals surface area contributed by atoms with Crippen LogP contribution in [0.15, 0.2) is 18.2 Å². The highest BCUT2D eigenvalue weighted by atomic mass is 16.6. The third-order valence-electron chi connectivity index (χ3n) is 4.35. The molecule has 1 aromatic rings. The topological polar surface area (TPSA) is 55.2 Å². The number of hydrogen-bond donors (Lipinski definition) is 1. The Balaban J connectivity index is 1.98. The number of aryl methyl sites for hydroxylation is 1. The Labute approximate surface area is 127 Å². The molecule has 0 aromatic heterocycles. The minimum Gasteiger partial charge on any atom is -0.382 e. The first-order valence-electron chi connectivity index (χ1n) is 7.97. The molecule has 0 heterocycles. The van der Waals surface area contributed by atoms with Crippen LogP contribution in [0.2, 0.25) is 0 Å². The zero-order valence-corrected chi connectivity index (χ0v) is 13.3. The van der Waals surface area contributed by atoms with Gasteiger partial charge in [0.1, 0.15) is 0 Å². The average molecular weight is 290 g/mol. The number of hydrogen-bond acceptors (Lipinski definition) is 3. The smallest absolute Gasteiger partial charge is 0.272 e. The molecule has 4 heteroatoms. The van der Waals surface area contributed by atoms with Crippen LogP contribution >= 0.6 is 0 Å². The molecule has 0 radical (unpaired) electrons. The van der Waals surface area contributed by atoms with Crippen molar-refractivity contribution in [2.45, 2.75) is 58.9 Å². The molecular formula is C17H26N2O2. The van der Waals surface area contributed by atoms with E-state index in [0.717, 1.165) is 23.1 Å². The molecule has 0 amide bonds. The average Bonchev–Trinajstić information content (AvgIpc) is 2.37. The summed E-state index contributed by atoms with van der Waals surface area (Å²) in [5.41, 5.74) is 1.93. The first kappa shape index (κ1) is 15.8. The van der Waals surface area contributed by atoms with E-state index >= 15 is 0 Å². The first-order valence-corrected chi connectivity index (χ1v) is 7.97. The summed E-state index contributed by atoms with van der Waals surface area (Å²) in [7, 11) is 0. The van der Waals surface area contributed by atoms with Gasteiger partial charge in [-0.2, -0.15) is 0 Å². The van der Waals surface area contributed by atoms with Gasteiger partial charge in [0.25, 0.3) is 5.69 Å². The van der Waals surface area contributed by atoms with Gasteiger partial charge in [0.15, 0.2) is 0 Å². The van der Waals surface area contributed by atoms with Gasteiger partial charge in [-0.05, 0) is 50.2 Å². The van der Waals surface area contributed by atoms with Crippen molar-refractivity contribution in [2.75, 3.05) is 5.32 Å². The number of nitro benzene ring substituents is 1. The van der Waals surface area contributed by atoms with E-state index in [2.05, 4.69) is 19.2 Å². The van der Waals surface area contributed by atoms with Crippen LogP contribution in [0.3, 0.4) is 0 Å². The summed E-state index contributed by atoms with van der Waals surface area (Å²) in [4.78, 5) is 10.5. The number of nitrogens with zero attached hydrogens (tertiary/aromatic N) is 1. The molecule has 1 N–H and O–H groups in total. The summed E-state index contributed by atoms with van der Waals surface area (Å²) < 4.78 is 0. The molecule has 2 rings (SSSR count). The molecule has 1 saturated carbocycles. The maximum atomic E-state index is 10.9. The molecule has 4 nitrogen and oxygen atoms in total. The van der Waals surface area contributed by atoms with Crippen LogP contribution in [0, 0.1) is 28.9 Å². The number of benzene rings is 1. The molecule has 0 aliphatic heterocycles.